The molecule has 1 aliphatic rings. The topological polar surface area (TPSA) is 72.2 Å². The van der Waals surface area contributed by atoms with Crippen LogP contribution < -0.4 is 10.5 Å². The van der Waals surface area contributed by atoms with Crippen molar-refractivity contribution >= 4 is 10.0 Å². The maximum absolute atomic E-state index is 11.8. The number of sulfonamides is 1. The maximum atomic E-state index is 11.8. The van der Waals surface area contributed by atoms with Crippen molar-refractivity contribution in [2.24, 2.45) is 17.1 Å². The van der Waals surface area contributed by atoms with Crippen molar-refractivity contribution in [1.29, 1.82) is 0 Å². The van der Waals surface area contributed by atoms with Gasteiger partial charge in [-0.1, -0.05) is 26.7 Å². The van der Waals surface area contributed by atoms with E-state index in [1.165, 1.54) is 12.8 Å². The van der Waals surface area contributed by atoms with Crippen molar-refractivity contribution in [3.8, 4) is 0 Å². The summed E-state index contributed by atoms with van der Waals surface area (Å²) in [5.74, 6) is 0.776. The minimum absolute atomic E-state index is 0.154. The fourth-order valence-corrected chi connectivity index (χ4v) is 4.27. The van der Waals surface area contributed by atoms with Crippen molar-refractivity contribution < 1.29 is 8.42 Å². The summed E-state index contributed by atoms with van der Waals surface area (Å²) in [4.78, 5) is 0. The molecule has 1 rings (SSSR count). The molecule has 0 spiro atoms. The molecule has 0 radical (unpaired) electrons. The van der Waals surface area contributed by atoms with Crippen molar-refractivity contribution in [3.05, 3.63) is 0 Å². The van der Waals surface area contributed by atoms with Crippen LogP contribution in [-0.4, -0.2) is 27.3 Å². The van der Waals surface area contributed by atoms with Crippen LogP contribution in [0.4, 0.5) is 0 Å². The third-order valence-corrected chi connectivity index (χ3v) is 5.20. The Morgan fingerprint density at radius 3 is 2.39 bits per heavy atom. The quantitative estimate of drug-likeness (QED) is 0.711. The summed E-state index contributed by atoms with van der Waals surface area (Å²) in [5.41, 5.74) is 5.55. The van der Waals surface area contributed by atoms with Crippen LogP contribution in [0, 0.1) is 11.3 Å². The molecule has 0 aliphatic heterocycles. The largest absolute Gasteiger partial charge is 0.330 e. The number of nitrogens with one attached hydrogen (secondary N) is 1. The SMILES string of the molecule is CC(C)CC1(CNS(=O)(=O)CCCN)CCCC1. The molecule has 5 heteroatoms. The average Bonchev–Trinajstić information content (AvgIpc) is 2.72. The summed E-state index contributed by atoms with van der Waals surface area (Å²) >= 11 is 0. The van der Waals surface area contributed by atoms with E-state index < -0.39 is 10.0 Å². The lowest BCUT2D eigenvalue weighted by Crippen LogP contribution is -2.38. The number of nitrogens with two attached hydrogens (primary N) is 1. The monoisotopic (exact) mass is 276 g/mol. The van der Waals surface area contributed by atoms with E-state index in [1.54, 1.807) is 0 Å². The second kappa shape index (κ2) is 6.87. The van der Waals surface area contributed by atoms with Gasteiger partial charge >= 0.3 is 0 Å². The Balaban J connectivity index is 2.52. The van der Waals surface area contributed by atoms with E-state index in [4.69, 9.17) is 5.73 Å². The van der Waals surface area contributed by atoms with Gasteiger partial charge in [-0.05, 0) is 43.6 Å². The van der Waals surface area contributed by atoms with Gasteiger partial charge in [-0.3, -0.25) is 0 Å². The van der Waals surface area contributed by atoms with E-state index >= 15 is 0 Å². The number of hydrogen-bond acceptors (Lipinski definition) is 3. The maximum Gasteiger partial charge on any atom is 0.211 e. The zero-order chi connectivity index (χ0) is 13.6. The molecular weight excluding hydrogens is 248 g/mol. The zero-order valence-corrected chi connectivity index (χ0v) is 12.6. The first kappa shape index (κ1) is 15.9. The van der Waals surface area contributed by atoms with Gasteiger partial charge in [0, 0.05) is 6.54 Å². The zero-order valence-electron chi connectivity index (χ0n) is 11.7. The van der Waals surface area contributed by atoms with Crippen LogP contribution in [0.1, 0.15) is 52.4 Å². The second-order valence-electron chi connectivity index (χ2n) is 6.09. The van der Waals surface area contributed by atoms with Gasteiger partial charge in [0.1, 0.15) is 0 Å². The molecule has 0 unspecified atom stereocenters. The van der Waals surface area contributed by atoms with Gasteiger partial charge in [-0.25, -0.2) is 13.1 Å². The summed E-state index contributed by atoms with van der Waals surface area (Å²) in [5, 5.41) is 0. The highest BCUT2D eigenvalue weighted by atomic mass is 32.2. The minimum Gasteiger partial charge on any atom is -0.330 e. The molecular formula is C13H28N2O2S. The normalized spacial score (nSPS) is 19.6. The summed E-state index contributed by atoms with van der Waals surface area (Å²) < 4.78 is 26.4. The van der Waals surface area contributed by atoms with Crippen LogP contribution in [0.2, 0.25) is 0 Å². The second-order valence-corrected chi connectivity index (χ2v) is 8.01. The van der Waals surface area contributed by atoms with Crippen LogP contribution in [0.5, 0.6) is 0 Å². The Morgan fingerprint density at radius 2 is 1.89 bits per heavy atom. The lowest BCUT2D eigenvalue weighted by molar-refractivity contribution is 0.236. The molecule has 1 saturated carbocycles. The van der Waals surface area contributed by atoms with Crippen LogP contribution >= 0.6 is 0 Å². The first-order chi connectivity index (χ1) is 8.39. The molecule has 0 atom stereocenters. The summed E-state index contributed by atoms with van der Waals surface area (Å²) in [7, 11) is -3.14. The molecule has 108 valence electrons. The van der Waals surface area contributed by atoms with Gasteiger partial charge in [0.05, 0.1) is 5.75 Å². The van der Waals surface area contributed by atoms with E-state index in [0.717, 1.165) is 19.3 Å². The van der Waals surface area contributed by atoms with Crippen molar-refractivity contribution in [1.82, 2.24) is 4.72 Å². The van der Waals surface area contributed by atoms with Crippen molar-refractivity contribution in [2.45, 2.75) is 52.4 Å². The lowest BCUT2D eigenvalue weighted by atomic mass is 9.79. The first-order valence-electron chi connectivity index (χ1n) is 7.07. The van der Waals surface area contributed by atoms with E-state index in [1.807, 2.05) is 0 Å². The van der Waals surface area contributed by atoms with E-state index in [-0.39, 0.29) is 11.2 Å². The summed E-state index contributed by atoms with van der Waals surface area (Å²) in [6, 6.07) is 0. The molecule has 0 saturated heterocycles. The molecule has 0 heterocycles. The molecule has 3 N–H and O–H groups in total. The Hall–Kier alpha value is -0.130. The molecule has 4 nitrogen and oxygen atoms in total. The molecule has 0 bridgehead atoms. The highest BCUT2D eigenvalue weighted by molar-refractivity contribution is 7.89. The van der Waals surface area contributed by atoms with E-state index in [0.29, 0.717) is 25.4 Å². The molecule has 0 aromatic carbocycles. The fourth-order valence-electron chi connectivity index (χ4n) is 3.05. The molecule has 1 aliphatic carbocycles. The van der Waals surface area contributed by atoms with Gasteiger partial charge in [-0.15, -0.1) is 0 Å². The third-order valence-electron chi connectivity index (χ3n) is 3.79. The Labute approximate surface area is 112 Å². The predicted octanol–water partition coefficient (Wildman–Crippen LogP) is 1.86. The van der Waals surface area contributed by atoms with Crippen LogP contribution in [0.25, 0.3) is 0 Å². The Bertz CT molecular complexity index is 333. The fraction of sp³-hybridized carbons (Fsp3) is 1.00. The number of hydrogen-bond donors (Lipinski definition) is 2. The Kier molecular flexibility index (Phi) is 6.08. The molecule has 0 aromatic rings. The standard InChI is InChI=1S/C13H28N2O2S/c1-12(2)10-13(6-3-4-7-13)11-15-18(16,17)9-5-8-14/h12,15H,3-11,14H2,1-2H3. The molecule has 0 amide bonds. The first-order valence-corrected chi connectivity index (χ1v) is 8.72. The average molecular weight is 276 g/mol. The smallest absolute Gasteiger partial charge is 0.211 e. The Morgan fingerprint density at radius 1 is 1.28 bits per heavy atom. The van der Waals surface area contributed by atoms with Gasteiger partial charge < -0.3 is 5.73 Å². The van der Waals surface area contributed by atoms with Gasteiger partial charge in [0.25, 0.3) is 0 Å². The van der Waals surface area contributed by atoms with E-state index in [2.05, 4.69) is 18.6 Å². The van der Waals surface area contributed by atoms with Crippen molar-refractivity contribution in [2.75, 3.05) is 18.8 Å². The van der Waals surface area contributed by atoms with Gasteiger partial charge in [-0.2, -0.15) is 0 Å². The molecule has 1 fully saturated rings. The minimum atomic E-state index is -3.14. The summed E-state index contributed by atoms with van der Waals surface area (Å²) in [6.45, 7) is 5.46. The predicted molar refractivity (Wildman–Crippen MR) is 75.8 cm³/mol. The van der Waals surface area contributed by atoms with Gasteiger partial charge in [0.2, 0.25) is 10.0 Å². The highest BCUT2D eigenvalue weighted by Gasteiger charge is 2.35. The van der Waals surface area contributed by atoms with Crippen LogP contribution in [0.15, 0.2) is 0 Å². The summed E-state index contributed by atoms with van der Waals surface area (Å²) in [6.07, 6.45) is 6.43. The van der Waals surface area contributed by atoms with E-state index in [9.17, 15) is 8.42 Å². The van der Waals surface area contributed by atoms with Gasteiger partial charge in [0.15, 0.2) is 0 Å². The third kappa shape index (κ3) is 5.24. The van der Waals surface area contributed by atoms with Crippen LogP contribution in [-0.2, 0) is 10.0 Å². The molecule has 18 heavy (non-hydrogen) atoms. The molecule has 0 aromatic heterocycles. The number of rotatable bonds is 8. The highest BCUT2D eigenvalue weighted by Crippen LogP contribution is 2.42. The van der Waals surface area contributed by atoms with Crippen molar-refractivity contribution in [3.63, 3.8) is 0 Å². The van der Waals surface area contributed by atoms with Crippen LogP contribution in [0.3, 0.4) is 0 Å². The lowest BCUT2D eigenvalue weighted by Gasteiger charge is -2.31.